The summed E-state index contributed by atoms with van der Waals surface area (Å²) in [6.45, 7) is 7.41. The number of ether oxygens (including phenoxy) is 2. The van der Waals surface area contributed by atoms with Crippen molar-refractivity contribution in [3.05, 3.63) is 28.8 Å². The zero-order valence-electron chi connectivity index (χ0n) is 14.4. The molecular formula is C18H25ClN2O3. The lowest BCUT2D eigenvalue weighted by molar-refractivity contribution is -0.000383. The van der Waals surface area contributed by atoms with Crippen LogP contribution in [0.25, 0.3) is 0 Å². The van der Waals surface area contributed by atoms with Gasteiger partial charge in [0.05, 0.1) is 6.04 Å². The number of alkyl carbamates (subject to hydrolysis) is 1. The fourth-order valence-electron chi connectivity index (χ4n) is 3.41. The van der Waals surface area contributed by atoms with Gasteiger partial charge in [-0.1, -0.05) is 11.6 Å². The summed E-state index contributed by atoms with van der Waals surface area (Å²) >= 11 is 6.15. The second-order valence-corrected chi connectivity index (χ2v) is 8.06. The Morgan fingerprint density at radius 3 is 2.75 bits per heavy atom. The van der Waals surface area contributed by atoms with Crippen LogP contribution in [-0.2, 0) is 4.74 Å². The van der Waals surface area contributed by atoms with Gasteiger partial charge in [0.1, 0.15) is 17.0 Å². The third-order valence-electron chi connectivity index (χ3n) is 4.46. The number of fused-ring (bicyclic) bond motifs is 1. The van der Waals surface area contributed by atoms with E-state index in [1.807, 2.05) is 39.0 Å². The first-order valence-electron chi connectivity index (χ1n) is 8.45. The maximum Gasteiger partial charge on any atom is 0.408 e. The maximum absolute atomic E-state index is 12.3. The number of halogens is 1. The van der Waals surface area contributed by atoms with Gasteiger partial charge in [0, 0.05) is 17.0 Å². The van der Waals surface area contributed by atoms with Gasteiger partial charge in [-0.25, -0.2) is 4.79 Å². The van der Waals surface area contributed by atoms with E-state index in [0.717, 1.165) is 43.7 Å². The summed E-state index contributed by atoms with van der Waals surface area (Å²) in [5.74, 6) is 0.800. The van der Waals surface area contributed by atoms with Crippen molar-refractivity contribution in [2.24, 2.45) is 0 Å². The van der Waals surface area contributed by atoms with Crippen molar-refractivity contribution in [2.45, 2.75) is 57.3 Å². The van der Waals surface area contributed by atoms with Crippen LogP contribution in [0.3, 0.4) is 0 Å². The molecule has 2 heterocycles. The summed E-state index contributed by atoms with van der Waals surface area (Å²) in [4.78, 5) is 12.3. The summed E-state index contributed by atoms with van der Waals surface area (Å²) in [6.07, 6.45) is 2.15. The fraction of sp³-hybridized carbons (Fsp3) is 0.611. The lowest BCUT2D eigenvalue weighted by Crippen LogP contribution is -2.51. The van der Waals surface area contributed by atoms with Crippen LogP contribution in [-0.4, -0.2) is 30.4 Å². The number of nitrogens with one attached hydrogen (secondary N) is 2. The Labute approximate surface area is 148 Å². The van der Waals surface area contributed by atoms with Crippen LogP contribution in [0, 0.1) is 0 Å². The van der Waals surface area contributed by atoms with Gasteiger partial charge in [-0.2, -0.15) is 0 Å². The molecule has 1 fully saturated rings. The van der Waals surface area contributed by atoms with E-state index in [0.29, 0.717) is 5.02 Å². The molecule has 1 aromatic rings. The van der Waals surface area contributed by atoms with Gasteiger partial charge in [-0.05, 0) is 64.9 Å². The second kappa shape index (κ2) is 6.45. The molecule has 0 bridgehead atoms. The largest absolute Gasteiger partial charge is 0.487 e. The molecule has 1 atom stereocenters. The third-order valence-corrected chi connectivity index (χ3v) is 4.69. The highest BCUT2D eigenvalue weighted by Gasteiger charge is 2.42. The minimum absolute atomic E-state index is 0.166. The molecule has 1 saturated heterocycles. The molecular weight excluding hydrogens is 328 g/mol. The van der Waals surface area contributed by atoms with Gasteiger partial charge >= 0.3 is 6.09 Å². The quantitative estimate of drug-likeness (QED) is 0.806. The summed E-state index contributed by atoms with van der Waals surface area (Å²) in [5.41, 5.74) is 0.141. The van der Waals surface area contributed by atoms with Gasteiger partial charge in [0.25, 0.3) is 0 Å². The Bertz CT molecular complexity index is 621. The number of benzene rings is 1. The molecule has 1 amide bonds. The number of hydrogen-bond donors (Lipinski definition) is 2. The van der Waals surface area contributed by atoms with Gasteiger partial charge < -0.3 is 20.1 Å². The van der Waals surface area contributed by atoms with Gasteiger partial charge in [-0.3, -0.25) is 0 Å². The Balaban J connectivity index is 1.85. The molecule has 0 saturated carbocycles. The smallest absolute Gasteiger partial charge is 0.408 e. The minimum atomic E-state index is -0.529. The number of rotatable bonds is 1. The molecule has 1 unspecified atom stereocenters. The molecule has 0 radical (unpaired) electrons. The van der Waals surface area contributed by atoms with E-state index < -0.39 is 11.7 Å². The van der Waals surface area contributed by atoms with E-state index in [1.165, 1.54) is 0 Å². The molecule has 2 N–H and O–H groups in total. The highest BCUT2D eigenvalue weighted by Crippen LogP contribution is 2.44. The van der Waals surface area contributed by atoms with Crippen LogP contribution in [0.4, 0.5) is 4.79 Å². The van der Waals surface area contributed by atoms with Crippen LogP contribution >= 0.6 is 11.6 Å². The van der Waals surface area contributed by atoms with Gasteiger partial charge in [0.15, 0.2) is 0 Å². The first-order valence-corrected chi connectivity index (χ1v) is 8.83. The molecule has 1 aromatic carbocycles. The molecule has 5 nitrogen and oxygen atoms in total. The van der Waals surface area contributed by atoms with Crippen molar-refractivity contribution in [3.63, 3.8) is 0 Å². The number of piperidine rings is 1. The predicted molar refractivity (Wildman–Crippen MR) is 93.6 cm³/mol. The Hall–Kier alpha value is -1.46. The molecule has 24 heavy (non-hydrogen) atoms. The van der Waals surface area contributed by atoms with Crippen molar-refractivity contribution in [1.29, 1.82) is 0 Å². The topological polar surface area (TPSA) is 59.6 Å². The van der Waals surface area contributed by atoms with Crippen molar-refractivity contribution >= 4 is 17.7 Å². The summed E-state index contributed by atoms with van der Waals surface area (Å²) in [5, 5.41) is 7.01. The summed E-state index contributed by atoms with van der Waals surface area (Å²) < 4.78 is 11.8. The third kappa shape index (κ3) is 3.95. The minimum Gasteiger partial charge on any atom is -0.487 e. The van der Waals surface area contributed by atoms with Crippen molar-refractivity contribution in [1.82, 2.24) is 10.6 Å². The van der Waals surface area contributed by atoms with E-state index in [9.17, 15) is 4.79 Å². The summed E-state index contributed by atoms with van der Waals surface area (Å²) in [7, 11) is 0. The van der Waals surface area contributed by atoms with E-state index in [4.69, 9.17) is 21.1 Å². The maximum atomic E-state index is 12.3. The van der Waals surface area contributed by atoms with Gasteiger partial charge in [0.2, 0.25) is 0 Å². The number of carbonyl (C=O) groups excluding carboxylic acids is 1. The molecule has 0 aliphatic carbocycles. The molecule has 2 aliphatic rings. The highest BCUT2D eigenvalue weighted by atomic mass is 35.5. The number of carbonyl (C=O) groups is 1. The normalized spacial score (nSPS) is 22.4. The van der Waals surface area contributed by atoms with E-state index >= 15 is 0 Å². The lowest BCUT2D eigenvalue weighted by Gasteiger charge is -2.44. The van der Waals surface area contributed by atoms with Crippen molar-refractivity contribution in [2.75, 3.05) is 13.1 Å². The average Bonchev–Trinajstić information content (AvgIpc) is 2.47. The first-order chi connectivity index (χ1) is 11.3. The van der Waals surface area contributed by atoms with Gasteiger partial charge in [-0.15, -0.1) is 0 Å². The summed E-state index contributed by atoms with van der Waals surface area (Å²) in [6, 6.07) is 5.42. The molecule has 0 aromatic heterocycles. The van der Waals surface area contributed by atoms with Crippen LogP contribution in [0.2, 0.25) is 5.02 Å². The van der Waals surface area contributed by atoms with Crippen LogP contribution < -0.4 is 15.4 Å². The van der Waals surface area contributed by atoms with E-state index in [2.05, 4.69) is 10.6 Å². The lowest BCUT2D eigenvalue weighted by atomic mass is 9.81. The Kier molecular flexibility index (Phi) is 4.67. The molecule has 1 spiro atoms. The zero-order valence-corrected chi connectivity index (χ0v) is 15.2. The molecule has 6 heteroatoms. The van der Waals surface area contributed by atoms with E-state index in [-0.39, 0.29) is 11.6 Å². The second-order valence-electron chi connectivity index (χ2n) is 7.62. The average molecular weight is 353 g/mol. The van der Waals surface area contributed by atoms with Crippen LogP contribution in [0.1, 0.15) is 51.6 Å². The number of amides is 1. The molecule has 2 aliphatic heterocycles. The highest BCUT2D eigenvalue weighted by molar-refractivity contribution is 6.30. The van der Waals surface area contributed by atoms with E-state index in [1.54, 1.807) is 0 Å². The van der Waals surface area contributed by atoms with Crippen molar-refractivity contribution < 1.29 is 14.3 Å². The van der Waals surface area contributed by atoms with Crippen molar-refractivity contribution in [3.8, 4) is 5.75 Å². The SMILES string of the molecule is CC(C)(C)OC(=O)NC1CC2(CCNCC2)Oc2ccc(Cl)cc21. The molecule has 3 rings (SSSR count). The predicted octanol–water partition coefficient (Wildman–Crippen LogP) is 3.81. The fourth-order valence-corrected chi connectivity index (χ4v) is 3.59. The first kappa shape index (κ1) is 17.4. The van der Waals surface area contributed by atoms with Crippen LogP contribution in [0.5, 0.6) is 5.75 Å². The Morgan fingerprint density at radius 1 is 1.38 bits per heavy atom. The standard InChI is InChI=1S/C18H25ClN2O3/c1-17(2,3)24-16(22)21-14-11-18(6-8-20-9-7-18)23-15-5-4-12(19)10-13(14)15/h4-5,10,14,20H,6-9,11H2,1-3H3,(H,21,22). The Morgan fingerprint density at radius 2 is 2.08 bits per heavy atom. The molecule has 132 valence electrons. The zero-order chi connectivity index (χ0) is 17.4. The number of hydrogen-bond acceptors (Lipinski definition) is 4. The monoisotopic (exact) mass is 352 g/mol. The van der Waals surface area contributed by atoms with Crippen LogP contribution in [0.15, 0.2) is 18.2 Å².